The normalized spacial score (nSPS) is 16.1. The van der Waals surface area contributed by atoms with Crippen LogP contribution in [-0.2, 0) is 0 Å². The monoisotopic (exact) mass is 273 g/mol. The van der Waals surface area contributed by atoms with E-state index in [2.05, 4.69) is 10.3 Å². The molecule has 6 nitrogen and oxygen atoms in total. The zero-order valence-electron chi connectivity index (χ0n) is 10.8. The molecule has 3 rings (SSSR count). The fraction of sp³-hybridized carbons (Fsp3) is 0.357. The van der Waals surface area contributed by atoms with Gasteiger partial charge in [0.1, 0.15) is 5.52 Å². The van der Waals surface area contributed by atoms with Crippen LogP contribution in [0, 0.1) is 16.0 Å². The third kappa shape index (κ3) is 2.42. The molecule has 1 saturated carbocycles. The SMILES string of the molecule is O=[N+]([O-])c1cccc2c(NCC(O)C3CC3)ccnc12. The molecule has 1 fully saturated rings. The van der Waals surface area contributed by atoms with E-state index >= 15 is 0 Å². The summed E-state index contributed by atoms with van der Waals surface area (Å²) in [7, 11) is 0. The Morgan fingerprint density at radius 2 is 2.25 bits per heavy atom. The van der Waals surface area contributed by atoms with Crippen LogP contribution in [0.15, 0.2) is 30.5 Å². The fourth-order valence-corrected chi connectivity index (χ4v) is 2.32. The van der Waals surface area contributed by atoms with Crippen molar-refractivity contribution in [2.45, 2.75) is 18.9 Å². The second-order valence-electron chi connectivity index (χ2n) is 5.07. The van der Waals surface area contributed by atoms with Crippen molar-refractivity contribution in [1.29, 1.82) is 0 Å². The van der Waals surface area contributed by atoms with Crippen molar-refractivity contribution in [3.05, 3.63) is 40.6 Å². The lowest BCUT2D eigenvalue weighted by Crippen LogP contribution is -2.21. The van der Waals surface area contributed by atoms with Gasteiger partial charge in [-0.15, -0.1) is 0 Å². The summed E-state index contributed by atoms with van der Waals surface area (Å²) in [5.74, 6) is 0.393. The van der Waals surface area contributed by atoms with Gasteiger partial charge in [-0.1, -0.05) is 12.1 Å². The fourth-order valence-electron chi connectivity index (χ4n) is 2.32. The van der Waals surface area contributed by atoms with Gasteiger partial charge in [-0.25, -0.2) is 4.98 Å². The maximum Gasteiger partial charge on any atom is 0.295 e. The van der Waals surface area contributed by atoms with Gasteiger partial charge in [-0.05, 0) is 24.8 Å². The highest BCUT2D eigenvalue weighted by molar-refractivity contribution is 5.96. The van der Waals surface area contributed by atoms with E-state index in [1.165, 1.54) is 6.07 Å². The lowest BCUT2D eigenvalue weighted by atomic mass is 10.1. The topological polar surface area (TPSA) is 88.3 Å². The van der Waals surface area contributed by atoms with Crippen molar-refractivity contribution in [3.8, 4) is 0 Å². The highest BCUT2D eigenvalue weighted by Crippen LogP contribution is 2.33. The molecule has 1 atom stereocenters. The number of nitro benzene ring substituents is 1. The van der Waals surface area contributed by atoms with Gasteiger partial charge in [0.15, 0.2) is 0 Å². The van der Waals surface area contributed by atoms with Gasteiger partial charge < -0.3 is 10.4 Å². The van der Waals surface area contributed by atoms with E-state index in [0.29, 0.717) is 23.4 Å². The molecule has 0 amide bonds. The van der Waals surface area contributed by atoms with Crippen LogP contribution in [0.4, 0.5) is 11.4 Å². The maximum atomic E-state index is 11.0. The van der Waals surface area contributed by atoms with Gasteiger partial charge in [-0.3, -0.25) is 10.1 Å². The first-order chi connectivity index (χ1) is 9.66. The first kappa shape index (κ1) is 12.8. The number of aliphatic hydroxyl groups excluding tert-OH is 1. The molecular weight excluding hydrogens is 258 g/mol. The van der Waals surface area contributed by atoms with Crippen molar-refractivity contribution in [1.82, 2.24) is 4.98 Å². The number of aliphatic hydroxyl groups is 1. The Hall–Kier alpha value is -2.21. The molecule has 0 bridgehead atoms. The quantitative estimate of drug-likeness (QED) is 0.644. The summed E-state index contributed by atoms with van der Waals surface area (Å²) in [5.41, 5.74) is 1.12. The number of benzene rings is 1. The molecule has 1 aromatic carbocycles. The molecule has 104 valence electrons. The second kappa shape index (κ2) is 5.05. The Labute approximate surface area is 115 Å². The highest BCUT2D eigenvalue weighted by Gasteiger charge is 2.29. The molecular formula is C14H15N3O3. The number of fused-ring (bicyclic) bond motifs is 1. The number of aromatic nitrogens is 1. The van der Waals surface area contributed by atoms with Gasteiger partial charge in [0.2, 0.25) is 0 Å². The average Bonchev–Trinajstić information content (AvgIpc) is 3.28. The molecule has 0 spiro atoms. The predicted molar refractivity (Wildman–Crippen MR) is 75.6 cm³/mol. The number of rotatable bonds is 5. The summed E-state index contributed by atoms with van der Waals surface area (Å²) in [4.78, 5) is 14.7. The Balaban J connectivity index is 1.90. The predicted octanol–water partition coefficient (Wildman–Crippen LogP) is 2.33. The molecule has 1 aromatic heterocycles. The zero-order valence-corrected chi connectivity index (χ0v) is 10.8. The van der Waals surface area contributed by atoms with Crippen LogP contribution in [-0.4, -0.2) is 27.7 Å². The third-order valence-corrected chi connectivity index (χ3v) is 3.61. The minimum Gasteiger partial charge on any atom is -0.391 e. The molecule has 1 aliphatic rings. The van der Waals surface area contributed by atoms with E-state index in [4.69, 9.17) is 0 Å². The van der Waals surface area contributed by atoms with Crippen LogP contribution in [0.1, 0.15) is 12.8 Å². The summed E-state index contributed by atoms with van der Waals surface area (Å²) < 4.78 is 0. The molecule has 2 aromatic rings. The average molecular weight is 273 g/mol. The van der Waals surface area contributed by atoms with Crippen LogP contribution in [0.2, 0.25) is 0 Å². The Kier molecular flexibility index (Phi) is 3.23. The molecule has 0 aliphatic heterocycles. The lowest BCUT2D eigenvalue weighted by Gasteiger charge is -2.13. The van der Waals surface area contributed by atoms with E-state index in [1.54, 1.807) is 24.4 Å². The molecule has 1 heterocycles. The summed E-state index contributed by atoms with van der Waals surface area (Å²) in [5, 5.41) is 24.7. The van der Waals surface area contributed by atoms with Gasteiger partial charge >= 0.3 is 0 Å². The van der Waals surface area contributed by atoms with Crippen molar-refractivity contribution in [2.75, 3.05) is 11.9 Å². The van der Waals surface area contributed by atoms with Crippen LogP contribution in [0.25, 0.3) is 10.9 Å². The van der Waals surface area contributed by atoms with E-state index in [-0.39, 0.29) is 11.8 Å². The number of nitrogens with zero attached hydrogens (tertiary/aromatic N) is 2. The van der Waals surface area contributed by atoms with Crippen molar-refractivity contribution in [2.24, 2.45) is 5.92 Å². The van der Waals surface area contributed by atoms with Gasteiger partial charge in [-0.2, -0.15) is 0 Å². The van der Waals surface area contributed by atoms with Crippen molar-refractivity contribution >= 4 is 22.3 Å². The van der Waals surface area contributed by atoms with Gasteiger partial charge in [0, 0.05) is 29.9 Å². The number of anilines is 1. The standard InChI is InChI=1S/C14H15N3O3/c18-13(9-4-5-9)8-16-11-6-7-15-14-10(11)2-1-3-12(14)17(19)20/h1-3,6-7,9,13,18H,4-5,8H2,(H,15,16). The first-order valence-electron chi connectivity index (χ1n) is 6.61. The zero-order chi connectivity index (χ0) is 14.1. The molecule has 0 radical (unpaired) electrons. The Morgan fingerprint density at radius 3 is 2.95 bits per heavy atom. The third-order valence-electron chi connectivity index (χ3n) is 3.61. The minimum atomic E-state index is -0.432. The molecule has 0 saturated heterocycles. The molecule has 2 N–H and O–H groups in total. The number of hydrogen-bond acceptors (Lipinski definition) is 5. The number of non-ortho nitro benzene ring substituents is 1. The summed E-state index contributed by atoms with van der Waals surface area (Å²) >= 11 is 0. The number of pyridine rings is 1. The van der Waals surface area contributed by atoms with Crippen LogP contribution in [0.5, 0.6) is 0 Å². The smallest absolute Gasteiger partial charge is 0.295 e. The molecule has 6 heteroatoms. The number of nitrogens with one attached hydrogen (secondary N) is 1. The van der Waals surface area contributed by atoms with Crippen LogP contribution < -0.4 is 5.32 Å². The van der Waals surface area contributed by atoms with Crippen molar-refractivity contribution in [3.63, 3.8) is 0 Å². The first-order valence-corrected chi connectivity index (χ1v) is 6.61. The summed E-state index contributed by atoms with van der Waals surface area (Å²) in [6.45, 7) is 0.451. The molecule has 20 heavy (non-hydrogen) atoms. The van der Waals surface area contributed by atoms with E-state index in [9.17, 15) is 15.2 Å². The molecule has 1 unspecified atom stereocenters. The van der Waals surface area contributed by atoms with E-state index in [0.717, 1.165) is 18.5 Å². The maximum absolute atomic E-state index is 11.0. The van der Waals surface area contributed by atoms with E-state index < -0.39 is 4.92 Å². The number of hydrogen-bond donors (Lipinski definition) is 2. The highest BCUT2D eigenvalue weighted by atomic mass is 16.6. The van der Waals surface area contributed by atoms with Gasteiger partial charge in [0.05, 0.1) is 11.0 Å². The van der Waals surface area contributed by atoms with Gasteiger partial charge in [0.25, 0.3) is 5.69 Å². The number of nitro groups is 1. The Morgan fingerprint density at radius 1 is 1.45 bits per heavy atom. The van der Waals surface area contributed by atoms with Crippen LogP contribution >= 0.6 is 0 Å². The lowest BCUT2D eigenvalue weighted by molar-refractivity contribution is -0.383. The Bertz CT molecular complexity index is 655. The number of para-hydroxylation sites is 1. The molecule has 1 aliphatic carbocycles. The largest absolute Gasteiger partial charge is 0.391 e. The summed E-state index contributed by atoms with van der Waals surface area (Å²) in [6.07, 6.45) is 3.33. The van der Waals surface area contributed by atoms with E-state index in [1.807, 2.05) is 0 Å². The summed E-state index contributed by atoms with van der Waals surface area (Å²) in [6, 6.07) is 6.65. The van der Waals surface area contributed by atoms with Crippen LogP contribution in [0.3, 0.4) is 0 Å². The minimum absolute atomic E-state index is 0.00566. The second-order valence-corrected chi connectivity index (χ2v) is 5.07. The van der Waals surface area contributed by atoms with Crippen molar-refractivity contribution < 1.29 is 10.0 Å².